The molecule has 0 spiro atoms. The van der Waals surface area contributed by atoms with Gasteiger partial charge in [-0.1, -0.05) is 230 Å². The van der Waals surface area contributed by atoms with Gasteiger partial charge in [-0.05, 0) is 316 Å². The van der Waals surface area contributed by atoms with Gasteiger partial charge >= 0.3 is 67.7 Å². The van der Waals surface area contributed by atoms with Gasteiger partial charge in [0.05, 0.1) is 71.7 Å². The van der Waals surface area contributed by atoms with Crippen LogP contribution in [0.25, 0.3) is 0 Å². The van der Waals surface area contributed by atoms with Crippen LogP contribution in [0.4, 0.5) is 52.7 Å². The van der Waals surface area contributed by atoms with Crippen molar-refractivity contribution >= 4 is 67.7 Å². The van der Waals surface area contributed by atoms with Gasteiger partial charge in [0.25, 0.3) is 0 Å². The van der Waals surface area contributed by atoms with Crippen LogP contribution in [0.3, 0.4) is 0 Å². The molecule has 0 N–H and O–H groups in total. The number of hydrogen-bond donors (Lipinski definition) is 0. The summed E-state index contributed by atoms with van der Waals surface area (Å²) in [4.78, 5) is 122. The summed E-state index contributed by atoms with van der Waals surface area (Å²) in [5.41, 5.74) is -0.943. The second kappa shape index (κ2) is 91.4. The van der Waals surface area contributed by atoms with Crippen molar-refractivity contribution < 1.29 is 157 Å². The van der Waals surface area contributed by atoms with Crippen LogP contribution >= 0.6 is 0 Å². The molecule has 5 unspecified atom stereocenters. The molecule has 0 aromatic rings. The third-order valence-electron chi connectivity index (χ3n) is 23.1. The lowest BCUT2D eigenvalue weighted by atomic mass is 9.90. The molecule has 0 aromatic carbocycles. The van der Waals surface area contributed by atoms with Gasteiger partial charge in [0.1, 0.15) is 66.1 Å². The van der Waals surface area contributed by atoms with Gasteiger partial charge < -0.3 is 104 Å². The highest BCUT2D eigenvalue weighted by Gasteiger charge is 2.29. The van der Waals surface area contributed by atoms with Crippen LogP contribution in [0.2, 0.25) is 0 Å². The molecule has 6 saturated carbocycles. The van der Waals surface area contributed by atoms with E-state index in [2.05, 4.69) is 0 Å². The van der Waals surface area contributed by atoms with E-state index in [-0.39, 0.29) is 67.1 Å². The quantitative estimate of drug-likeness (QED) is 0.0323. The summed E-state index contributed by atoms with van der Waals surface area (Å²) in [7, 11) is 0. The smallest absolute Gasteiger partial charge is 0.434 e. The van der Waals surface area contributed by atoms with Crippen molar-refractivity contribution in [1.29, 1.82) is 0 Å². The monoisotopic (exact) mass is 2140 g/mol. The molecule has 0 aliphatic heterocycles. The van der Waals surface area contributed by atoms with Crippen molar-refractivity contribution in [3.63, 3.8) is 0 Å². The molecule has 5 atom stereocenters. The Morgan fingerprint density at radius 2 is 0.416 bits per heavy atom. The molecule has 6 aliphatic rings. The zero-order chi connectivity index (χ0) is 115. The van der Waals surface area contributed by atoms with Gasteiger partial charge in [-0.3, -0.25) is 0 Å². The van der Waals surface area contributed by atoms with E-state index in [1.165, 1.54) is 116 Å². The maximum absolute atomic E-state index is 11.4. The first-order valence-corrected chi connectivity index (χ1v) is 56.8. The first kappa shape index (κ1) is 149. The number of carbonyl (C=O) groups is 11. The van der Waals surface area contributed by atoms with Gasteiger partial charge in [-0.2, -0.15) is 0 Å². The largest absolute Gasteiger partial charge is 0.509 e. The molecule has 0 radical (unpaired) electrons. The molecule has 33 heteroatoms. The Bertz CT molecular complexity index is 3200. The lowest BCUT2D eigenvalue weighted by molar-refractivity contribution is -0.0320. The van der Waals surface area contributed by atoms with Crippen LogP contribution in [-0.4, -0.2) is 206 Å². The predicted octanol–water partition coefficient (Wildman–Crippen LogP) is 33.4. The molecule has 0 saturated heterocycles. The second-order valence-electron chi connectivity index (χ2n) is 46.4. The Morgan fingerprint density at radius 3 is 0.671 bits per heavy atom. The molecule has 0 amide bonds. The molecule has 33 nitrogen and oxygen atoms in total. The van der Waals surface area contributed by atoms with Crippen LogP contribution in [0.15, 0.2) is 0 Å². The number of ether oxygens (including phenoxy) is 22. The van der Waals surface area contributed by atoms with Crippen molar-refractivity contribution in [2.75, 3.05) is 59.5 Å². The topological polar surface area (TPSA) is 391 Å². The zero-order valence-electron chi connectivity index (χ0n) is 101. The van der Waals surface area contributed by atoms with E-state index in [4.69, 9.17) is 104 Å². The van der Waals surface area contributed by atoms with Crippen LogP contribution in [-0.2, 0) is 104 Å². The maximum atomic E-state index is 11.4. The van der Waals surface area contributed by atoms with E-state index < -0.39 is 78.9 Å². The Hall–Kier alpha value is -8.03. The molecular weight excluding hydrogens is 1920 g/mol. The minimum absolute atomic E-state index is 0.0684. The zero-order valence-corrected chi connectivity index (χ0v) is 101. The Labute approximate surface area is 903 Å². The van der Waals surface area contributed by atoms with Crippen molar-refractivity contribution in [2.45, 2.75) is 547 Å². The van der Waals surface area contributed by atoms with Crippen molar-refractivity contribution in [1.82, 2.24) is 0 Å². The molecule has 6 aliphatic carbocycles. The molecule has 882 valence electrons. The highest BCUT2D eigenvalue weighted by atomic mass is 16.8. The average molecular weight is 2140 g/mol. The average Bonchev–Trinajstić information content (AvgIpc) is 0.918. The fourth-order valence-electron chi connectivity index (χ4n) is 12.7. The molecule has 6 rings (SSSR count). The molecule has 149 heavy (non-hydrogen) atoms. The van der Waals surface area contributed by atoms with E-state index >= 15 is 0 Å². The van der Waals surface area contributed by atoms with Crippen molar-refractivity contribution in [3.05, 3.63) is 0 Å². The maximum Gasteiger partial charge on any atom is 0.509 e. The van der Waals surface area contributed by atoms with E-state index in [1.54, 1.807) is 27.7 Å². The molecule has 0 aromatic heterocycles. The number of hydrogen-bond acceptors (Lipinski definition) is 33. The number of carbonyl (C=O) groups excluding carboxylic acids is 11. The Kier molecular flexibility index (Phi) is 91.6. The lowest BCUT2D eigenvalue weighted by Gasteiger charge is -2.23. The fraction of sp³-hybridized carbons (Fsp3) is 0.905. The highest BCUT2D eigenvalue weighted by molar-refractivity contribution is 5.64. The van der Waals surface area contributed by atoms with Gasteiger partial charge in [0.15, 0.2) is 0 Å². The fourth-order valence-corrected chi connectivity index (χ4v) is 12.7. The lowest BCUT2D eigenvalue weighted by Crippen LogP contribution is -2.28. The van der Waals surface area contributed by atoms with E-state index in [0.717, 1.165) is 89.9 Å². The van der Waals surface area contributed by atoms with Gasteiger partial charge in [-0.15, -0.1) is 0 Å². The SMILES string of the molecule is CC(C)C(C)OC(=O)OC(C)(C)C.CC(C)C(C)OC(=O)OC1CCCCC1.CC(C)C(C)OC(=O)OC1CCCCC1.CC(C)C(C)OC(=O)OCC1CCCCC1.CC(C)COC(=O)OC(C)(C)C.CC(C)COC(=O)OC(C)C.CC(C)COC(=O)OC1CCCCC1.CC(C)COC(=O)OC1CCCCC1.CC(C)COC(=O)OCC1CCCCC1.CC(C)OC(=O)OC(C)C(C)C.CCCCOC(=O)OCC(C)C. The summed E-state index contributed by atoms with van der Waals surface area (Å²) in [5.74, 6) is 4.93. The normalized spacial score (nSPS) is 16.1. The summed E-state index contributed by atoms with van der Waals surface area (Å²) in [6, 6.07) is 0. The van der Waals surface area contributed by atoms with Crippen molar-refractivity contribution in [2.24, 2.45) is 76.9 Å². The summed E-state index contributed by atoms with van der Waals surface area (Å²) in [6.07, 6.45) is 30.7. The molecular formula is C116H220O33. The summed E-state index contributed by atoms with van der Waals surface area (Å²) < 4.78 is 110. The highest BCUT2D eigenvalue weighted by Crippen LogP contribution is 2.29. The van der Waals surface area contributed by atoms with Crippen LogP contribution in [0, 0.1) is 76.9 Å². The van der Waals surface area contributed by atoms with Crippen LogP contribution in [0.5, 0.6) is 0 Å². The standard InChI is InChI=1S/C13H24O3.3C12H22O3.2C11H20O3.C10H20O3.3C9H18O3.C8H16O3/c1-10(2)11(3)16-13(14)15-9-12-7-5-4-6-8-12;2*1-9(2)10(3)14-12(13)15-11-7-5-4-6-8-11;1-10(2)8-14-12(13)15-9-11-6-4-3-5-7-11;2*1-9(2)8-13-11(12)14-10-6-4-3-5-7-10;1-7(2)8(3)12-9(11)13-10(4,5)6;1-7(2)6-11-8(10)12-9(3,4)5;1-6(2)8(5)12-9(10)11-7(3)4;1-4-5-6-11-9(10)12-7-8(2)3;1-6(2)5-10-8(9)11-7(3)4/h10-12H,4-9H2,1-3H3;2*9-11H,4-8H2,1-3H3;10-11H,3-9H2,1-2H3;2*9-10H,3-8H2,1-2H3;7-8H,1-6H3;7H,6H2,1-5H3;6-8H,1-5H3;8H,4-7H2,1-3H3;6-7H,5H2,1-4H3. The first-order valence-electron chi connectivity index (χ1n) is 56.8. The Morgan fingerprint density at radius 1 is 0.215 bits per heavy atom. The van der Waals surface area contributed by atoms with Crippen LogP contribution in [0.1, 0.15) is 469 Å². The first-order chi connectivity index (χ1) is 69.5. The molecule has 0 heterocycles. The van der Waals surface area contributed by atoms with Crippen LogP contribution < -0.4 is 0 Å². The minimum atomic E-state index is -0.589. The summed E-state index contributed by atoms with van der Waals surface area (Å²) in [6.45, 7) is 77.7. The summed E-state index contributed by atoms with van der Waals surface area (Å²) in [5, 5.41) is 0. The van der Waals surface area contributed by atoms with Gasteiger partial charge in [0.2, 0.25) is 0 Å². The number of rotatable bonds is 35. The summed E-state index contributed by atoms with van der Waals surface area (Å²) >= 11 is 0. The van der Waals surface area contributed by atoms with Crippen molar-refractivity contribution in [3.8, 4) is 0 Å². The van der Waals surface area contributed by atoms with Gasteiger partial charge in [0, 0.05) is 0 Å². The second-order valence-corrected chi connectivity index (χ2v) is 46.4. The van der Waals surface area contributed by atoms with E-state index in [0.29, 0.717) is 136 Å². The van der Waals surface area contributed by atoms with E-state index in [1.807, 2.05) is 235 Å². The Balaban J connectivity index is -0.000000511. The van der Waals surface area contributed by atoms with E-state index in [9.17, 15) is 52.7 Å². The van der Waals surface area contributed by atoms with Gasteiger partial charge in [-0.25, -0.2) is 52.7 Å². The third kappa shape index (κ3) is 105. The molecule has 0 bridgehead atoms. The minimum Gasteiger partial charge on any atom is -0.434 e. The number of unbranched alkanes of at least 4 members (excludes halogenated alkanes) is 1. The molecule has 6 fully saturated rings. The predicted molar refractivity (Wildman–Crippen MR) is 583 cm³/mol. The third-order valence-corrected chi connectivity index (χ3v) is 23.1.